The van der Waals surface area contributed by atoms with Crippen LogP contribution in [0.15, 0.2) is 10.9 Å². The molecule has 1 fully saturated rings. The van der Waals surface area contributed by atoms with Crippen LogP contribution < -0.4 is 16.2 Å². The number of rotatable bonds is 1. The molecule has 2 heterocycles. The van der Waals surface area contributed by atoms with Crippen LogP contribution in [0.3, 0.4) is 0 Å². The van der Waals surface area contributed by atoms with Gasteiger partial charge in [-0.1, -0.05) is 0 Å². The predicted molar refractivity (Wildman–Crippen MR) is 59.3 cm³/mol. The van der Waals surface area contributed by atoms with Crippen molar-refractivity contribution in [1.29, 1.82) is 0 Å². The molecule has 100 valence electrons. The molecule has 0 spiro atoms. The van der Waals surface area contributed by atoms with Crippen molar-refractivity contribution in [3.05, 3.63) is 22.1 Å². The number of piperidine rings is 1. The van der Waals surface area contributed by atoms with Gasteiger partial charge < -0.3 is 10.6 Å². The maximum Gasteiger partial charge on any atom is 0.433 e. The summed E-state index contributed by atoms with van der Waals surface area (Å²) in [5.74, 6) is -0.0648. The molecule has 3 N–H and O–H groups in total. The van der Waals surface area contributed by atoms with Crippen molar-refractivity contribution < 1.29 is 13.2 Å². The molecule has 1 aromatic rings. The summed E-state index contributed by atoms with van der Waals surface area (Å²) in [5.41, 5.74) is 3.75. The van der Waals surface area contributed by atoms with E-state index in [1.54, 1.807) is 4.90 Å². The van der Waals surface area contributed by atoms with Gasteiger partial charge in [0.05, 0.1) is 0 Å². The minimum atomic E-state index is -4.62. The Bertz CT molecular complexity index is 485. The van der Waals surface area contributed by atoms with E-state index in [-0.39, 0.29) is 12.0 Å². The minimum absolute atomic E-state index is 0.0648. The van der Waals surface area contributed by atoms with Crippen LogP contribution >= 0.6 is 0 Å². The highest BCUT2D eigenvalue weighted by atomic mass is 19.4. The maximum absolute atomic E-state index is 12.5. The molecular formula is C10H13F3N4O. The molecule has 8 heteroatoms. The number of nitrogens with zero attached hydrogens (tertiary/aromatic N) is 2. The Morgan fingerprint density at radius 2 is 2.22 bits per heavy atom. The highest BCUT2D eigenvalue weighted by molar-refractivity contribution is 5.32. The van der Waals surface area contributed by atoms with Crippen molar-refractivity contribution in [1.82, 2.24) is 9.97 Å². The van der Waals surface area contributed by atoms with Gasteiger partial charge in [0.25, 0.3) is 5.56 Å². The number of halogens is 3. The van der Waals surface area contributed by atoms with E-state index in [0.29, 0.717) is 19.2 Å². The van der Waals surface area contributed by atoms with Gasteiger partial charge in [0.15, 0.2) is 5.69 Å². The molecule has 0 radical (unpaired) electrons. The molecule has 1 aliphatic heterocycles. The van der Waals surface area contributed by atoms with Crippen molar-refractivity contribution in [2.24, 2.45) is 5.73 Å². The van der Waals surface area contributed by atoms with Gasteiger partial charge in [0.2, 0.25) is 5.95 Å². The van der Waals surface area contributed by atoms with Crippen molar-refractivity contribution in [3.8, 4) is 0 Å². The average Bonchev–Trinajstić information content (AvgIpc) is 2.27. The summed E-state index contributed by atoms with van der Waals surface area (Å²) in [5, 5.41) is 0. The molecule has 0 amide bonds. The molecule has 1 aromatic heterocycles. The number of aromatic amines is 1. The first-order valence-corrected chi connectivity index (χ1v) is 5.55. The van der Waals surface area contributed by atoms with E-state index < -0.39 is 17.4 Å². The summed E-state index contributed by atoms with van der Waals surface area (Å²) in [6.45, 7) is 0.933. The summed E-state index contributed by atoms with van der Waals surface area (Å²) in [4.78, 5) is 18.6. The molecule has 2 rings (SSSR count). The third-order valence-electron chi connectivity index (χ3n) is 2.78. The number of alkyl halides is 3. The van der Waals surface area contributed by atoms with Crippen LogP contribution in [0.25, 0.3) is 0 Å². The Balaban J connectivity index is 2.33. The van der Waals surface area contributed by atoms with Crippen LogP contribution in [0.5, 0.6) is 0 Å². The van der Waals surface area contributed by atoms with Crippen LogP contribution in [0.4, 0.5) is 19.1 Å². The molecule has 18 heavy (non-hydrogen) atoms. The number of hydrogen-bond donors (Lipinski definition) is 2. The van der Waals surface area contributed by atoms with Gasteiger partial charge in [-0.3, -0.25) is 9.78 Å². The lowest BCUT2D eigenvalue weighted by atomic mass is 10.1. The summed E-state index contributed by atoms with van der Waals surface area (Å²) in [7, 11) is 0. The van der Waals surface area contributed by atoms with E-state index >= 15 is 0 Å². The number of aromatic nitrogens is 2. The zero-order valence-corrected chi connectivity index (χ0v) is 9.50. The Morgan fingerprint density at radius 1 is 1.50 bits per heavy atom. The minimum Gasteiger partial charge on any atom is -0.341 e. The van der Waals surface area contributed by atoms with Gasteiger partial charge in [-0.15, -0.1) is 0 Å². The molecule has 0 aliphatic carbocycles. The predicted octanol–water partition coefficient (Wildman–Crippen LogP) is 0.716. The van der Waals surface area contributed by atoms with Gasteiger partial charge in [-0.25, -0.2) is 4.98 Å². The van der Waals surface area contributed by atoms with Gasteiger partial charge >= 0.3 is 6.18 Å². The normalized spacial score (nSPS) is 21.1. The van der Waals surface area contributed by atoms with E-state index in [4.69, 9.17) is 5.73 Å². The summed E-state index contributed by atoms with van der Waals surface area (Å²) in [6.07, 6.45) is -3.04. The van der Waals surface area contributed by atoms with Gasteiger partial charge in [0.1, 0.15) is 0 Å². The summed E-state index contributed by atoms with van der Waals surface area (Å²) in [6, 6.07) is 0.339. The first-order chi connectivity index (χ1) is 8.36. The maximum atomic E-state index is 12.5. The number of H-pyrrole nitrogens is 1. The average molecular weight is 262 g/mol. The molecule has 0 bridgehead atoms. The lowest BCUT2D eigenvalue weighted by Crippen LogP contribution is -2.44. The summed E-state index contributed by atoms with van der Waals surface area (Å²) < 4.78 is 37.6. The topological polar surface area (TPSA) is 75.0 Å². The van der Waals surface area contributed by atoms with Crippen molar-refractivity contribution in [2.45, 2.75) is 25.1 Å². The Hall–Kier alpha value is -1.57. The monoisotopic (exact) mass is 262 g/mol. The number of nitrogens with two attached hydrogens (primary N) is 1. The molecule has 0 unspecified atom stereocenters. The first-order valence-electron chi connectivity index (χ1n) is 5.55. The van der Waals surface area contributed by atoms with Gasteiger partial charge in [0, 0.05) is 25.2 Å². The summed E-state index contributed by atoms with van der Waals surface area (Å²) >= 11 is 0. The van der Waals surface area contributed by atoms with Crippen molar-refractivity contribution >= 4 is 5.95 Å². The van der Waals surface area contributed by atoms with E-state index in [0.717, 1.165) is 12.8 Å². The molecule has 1 atom stereocenters. The largest absolute Gasteiger partial charge is 0.433 e. The molecule has 0 saturated carbocycles. The fourth-order valence-electron chi connectivity index (χ4n) is 1.94. The quantitative estimate of drug-likeness (QED) is 0.782. The van der Waals surface area contributed by atoms with E-state index in [1.807, 2.05) is 0 Å². The standard InChI is InChI=1S/C10H13F3N4O/c11-10(12,13)7-4-8(18)16-9(15-7)17-3-1-2-6(14)5-17/h4,6H,1-3,5,14H2,(H,15,16,18)/t6-/m1/s1. The highest BCUT2D eigenvalue weighted by Crippen LogP contribution is 2.27. The fourth-order valence-corrected chi connectivity index (χ4v) is 1.94. The van der Waals surface area contributed by atoms with E-state index in [2.05, 4.69) is 9.97 Å². The zero-order chi connectivity index (χ0) is 13.3. The smallest absolute Gasteiger partial charge is 0.341 e. The van der Waals surface area contributed by atoms with Crippen molar-refractivity contribution in [3.63, 3.8) is 0 Å². The van der Waals surface area contributed by atoms with Gasteiger partial charge in [-0.05, 0) is 12.8 Å². The molecule has 0 aromatic carbocycles. The number of nitrogens with one attached hydrogen (secondary N) is 1. The molecule has 1 saturated heterocycles. The fraction of sp³-hybridized carbons (Fsp3) is 0.600. The van der Waals surface area contributed by atoms with Crippen LogP contribution in [-0.2, 0) is 6.18 Å². The Labute approximate surface area is 101 Å². The highest BCUT2D eigenvalue weighted by Gasteiger charge is 2.34. The third-order valence-corrected chi connectivity index (χ3v) is 2.78. The van der Waals surface area contributed by atoms with E-state index in [1.165, 1.54) is 0 Å². The molecular weight excluding hydrogens is 249 g/mol. The molecule has 5 nitrogen and oxygen atoms in total. The lowest BCUT2D eigenvalue weighted by molar-refractivity contribution is -0.141. The second kappa shape index (κ2) is 4.60. The van der Waals surface area contributed by atoms with Crippen LogP contribution in [0, 0.1) is 0 Å². The van der Waals surface area contributed by atoms with Crippen molar-refractivity contribution in [2.75, 3.05) is 18.0 Å². The SMILES string of the molecule is N[C@@H]1CCCN(c2nc(C(F)(F)F)cc(=O)[nH]2)C1. The number of hydrogen-bond acceptors (Lipinski definition) is 4. The Morgan fingerprint density at radius 3 is 2.83 bits per heavy atom. The third kappa shape index (κ3) is 2.81. The lowest BCUT2D eigenvalue weighted by Gasteiger charge is -2.31. The molecule has 1 aliphatic rings. The van der Waals surface area contributed by atoms with Crippen LogP contribution in [-0.4, -0.2) is 29.1 Å². The number of anilines is 1. The second-order valence-corrected chi connectivity index (χ2v) is 4.30. The van der Waals surface area contributed by atoms with Crippen LogP contribution in [0.1, 0.15) is 18.5 Å². The zero-order valence-electron chi connectivity index (χ0n) is 9.50. The Kier molecular flexibility index (Phi) is 3.29. The second-order valence-electron chi connectivity index (χ2n) is 4.30. The first kappa shape index (κ1) is 12.9. The van der Waals surface area contributed by atoms with E-state index in [9.17, 15) is 18.0 Å². The van der Waals surface area contributed by atoms with Crippen LogP contribution in [0.2, 0.25) is 0 Å². The van der Waals surface area contributed by atoms with Gasteiger partial charge in [-0.2, -0.15) is 13.2 Å².